The van der Waals surface area contributed by atoms with E-state index in [2.05, 4.69) is 5.32 Å². The Morgan fingerprint density at radius 2 is 1.77 bits per heavy atom. The van der Waals surface area contributed by atoms with E-state index >= 15 is 0 Å². The Morgan fingerprint density at radius 1 is 1.15 bits per heavy atom. The van der Waals surface area contributed by atoms with Crippen LogP contribution >= 0.6 is 0 Å². The molecular formula is C9H7NO3. The summed E-state index contributed by atoms with van der Waals surface area (Å²) in [5.41, 5.74) is 0.489. The molecule has 0 aliphatic carbocycles. The molecule has 0 aliphatic heterocycles. The average Bonchev–Trinajstić information content (AvgIpc) is 2.18. The molecule has 4 heteroatoms. The number of ketones is 1. The molecule has 0 fully saturated rings. The van der Waals surface area contributed by atoms with Gasteiger partial charge in [0.05, 0.1) is 0 Å². The van der Waals surface area contributed by atoms with Crippen molar-refractivity contribution in [2.75, 3.05) is 5.32 Å². The van der Waals surface area contributed by atoms with Gasteiger partial charge in [0.25, 0.3) is 11.7 Å². The predicted molar refractivity (Wildman–Crippen MR) is 46.1 cm³/mol. The van der Waals surface area contributed by atoms with Gasteiger partial charge in [0.2, 0.25) is 0 Å². The molecule has 0 atom stereocenters. The van der Waals surface area contributed by atoms with Crippen LogP contribution in [0.15, 0.2) is 30.3 Å². The van der Waals surface area contributed by atoms with Gasteiger partial charge in [0, 0.05) is 5.69 Å². The van der Waals surface area contributed by atoms with Gasteiger partial charge in [-0.1, -0.05) is 18.2 Å². The van der Waals surface area contributed by atoms with Crippen LogP contribution in [0.2, 0.25) is 0 Å². The van der Waals surface area contributed by atoms with E-state index in [9.17, 15) is 14.4 Å². The van der Waals surface area contributed by atoms with Crippen molar-refractivity contribution in [1.29, 1.82) is 0 Å². The molecule has 0 aliphatic rings. The molecule has 0 unspecified atom stereocenters. The van der Waals surface area contributed by atoms with Crippen LogP contribution in [0.4, 0.5) is 5.69 Å². The maximum atomic E-state index is 10.9. The summed E-state index contributed by atoms with van der Waals surface area (Å²) in [6, 6.07) is 8.44. The monoisotopic (exact) mass is 177 g/mol. The summed E-state index contributed by atoms with van der Waals surface area (Å²) in [6.45, 7) is 0. The van der Waals surface area contributed by atoms with E-state index in [1.54, 1.807) is 30.3 Å². The highest BCUT2D eigenvalue weighted by atomic mass is 16.2. The molecule has 66 valence electrons. The fourth-order valence-corrected chi connectivity index (χ4v) is 0.768. The highest BCUT2D eigenvalue weighted by Gasteiger charge is 2.11. The minimum Gasteiger partial charge on any atom is -0.319 e. The molecule has 4 nitrogen and oxygen atoms in total. The fourth-order valence-electron chi connectivity index (χ4n) is 0.768. The van der Waals surface area contributed by atoms with Gasteiger partial charge < -0.3 is 5.32 Å². The number of hydrogen-bond acceptors (Lipinski definition) is 3. The molecule has 0 saturated carbocycles. The lowest BCUT2D eigenvalue weighted by molar-refractivity contribution is -0.138. The Balaban J connectivity index is 2.65. The first kappa shape index (κ1) is 9.12. The second-order valence-electron chi connectivity index (χ2n) is 2.30. The number of anilines is 1. The Labute approximate surface area is 74.6 Å². The lowest BCUT2D eigenvalue weighted by atomic mass is 10.3. The van der Waals surface area contributed by atoms with Crippen LogP contribution in [-0.2, 0) is 14.4 Å². The molecule has 0 radical (unpaired) electrons. The van der Waals surface area contributed by atoms with E-state index in [1.165, 1.54) is 0 Å². The van der Waals surface area contributed by atoms with Gasteiger partial charge >= 0.3 is 0 Å². The van der Waals surface area contributed by atoms with Crippen LogP contribution < -0.4 is 5.32 Å². The summed E-state index contributed by atoms with van der Waals surface area (Å²) in [6.07, 6.45) is -0.0156. The molecule has 0 saturated heterocycles. The summed E-state index contributed by atoms with van der Waals surface area (Å²) >= 11 is 0. The van der Waals surface area contributed by atoms with E-state index in [1.807, 2.05) is 0 Å². The third-order valence-electron chi connectivity index (χ3n) is 1.36. The van der Waals surface area contributed by atoms with Gasteiger partial charge in [-0.25, -0.2) is 0 Å². The maximum Gasteiger partial charge on any atom is 0.299 e. The zero-order chi connectivity index (χ0) is 9.68. The maximum absolute atomic E-state index is 10.9. The standard InChI is InChI=1S/C9H7NO3/c11-6-8(12)9(13)10-7-4-2-1-3-5-7/h1-6H,(H,10,13). The number of Topliss-reactive ketones (excluding diaryl/α,β-unsaturated/α-hetero) is 1. The number of hydrogen-bond donors (Lipinski definition) is 1. The lowest BCUT2D eigenvalue weighted by Gasteiger charge is -1.99. The van der Waals surface area contributed by atoms with Gasteiger partial charge in [0.15, 0.2) is 6.29 Å². The number of rotatable bonds is 3. The van der Waals surface area contributed by atoms with Crippen LogP contribution in [0.5, 0.6) is 0 Å². The van der Waals surface area contributed by atoms with Crippen LogP contribution in [-0.4, -0.2) is 18.0 Å². The fraction of sp³-hybridized carbons (Fsp3) is 0. The molecule has 1 N–H and O–H groups in total. The molecule has 1 aromatic carbocycles. The van der Waals surface area contributed by atoms with Gasteiger partial charge in [0.1, 0.15) is 0 Å². The topological polar surface area (TPSA) is 63.2 Å². The summed E-state index contributed by atoms with van der Waals surface area (Å²) in [7, 11) is 0. The van der Waals surface area contributed by atoms with Crippen molar-refractivity contribution < 1.29 is 14.4 Å². The molecule has 0 spiro atoms. The van der Waals surface area contributed by atoms with E-state index in [-0.39, 0.29) is 6.29 Å². The Hall–Kier alpha value is -1.97. The van der Waals surface area contributed by atoms with Gasteiger partial charge in [-0.05, 0) is 12.1 Å². The van der Waals surface area contributed by atoms with E-state index in [0.29, 0.717) is 5.69 Å². The highest BCUT2D eigenvalue weighted by molar-refractivity contribution is 6.59. The first-order valence-electron chi connectivity index (χ1n) is 3.59. The minimum absolute atomic E-state index is 0.0156. The first-order valence-corrected chi connectivity index (χ1v) is 3.59. The summed E-state index contributed by atoms with van der Waals surface area (Å²) in [5.74, 6) is -2.00. The predicted octanol–water partition coefficient (Wildman–Crippen LogP) is 0.393. The lowest BCUT2D eigenvalue weighted by Crippen LogP contribution is -2.23. The smallest absolute Gasteiger partial charge is 0.299 e. The molecule has 0 aromatic heterocycles. The van der Waals surface area contributed by atoms with Crippen LogP contribution in [0, 0.1) is 0 Å². The van der Waals surface area contributed by atoms with E-state index < -0.39 is 11.7 Å². The molecule has 0 bridgehead atoms. The van der Waals surface area contributed by atoms with E-state index in [0.717, 1.165) is 0 Å². The number of para-hydroxylation sites is 1. The second kappa shape index (κ2) is 4.15. The van der Waals surface area contributed by atoms with E-state index in [4.69, 9.17) is 0 Å². The van der Waals surface area contributed by atoms with Crippen molar-refractivity contribution in [2.24, 2.45) is 0 Å². The minimum atomic E-state index is -1.08. The molecule has 13 heavy (non-hydrogen) atoms. The largest absolute Gasteiger partial charge is 0.319 e. The summed E-state index contributed by atoms with van der Waals surface area (Å²) in [5, 5.41) is 2.27. The normalized spacial score (nSPS) is 8.92. The van der Waals surface area contributed by atoms with Crippen molar-refractivity contribution >= 4 is 23.7 Å². The highest BCUT2D eigenvalue weighted by Crippen LogP contribution is 2.03. The average molecular weight is 177 g/mol. The van der Waals surface area contributed by atoms with Crippen LogP contribution in [0.1, 0.15) is 0 Å². The van der Waals surface area contributed by atoms with Crippen molar-refractivity contribution in [3.63, 3.8) is 0 Å². The Bertz CT molecular complexity index is 332. The first-order chi connectivity index (χ1) is 6.24. The third-order valence-corrected chi connectivity index (χ3v) is 1.36. The number of amides is 1. The number of benzene rings is 1. The Kier molecular flexibility index (Phi) is 2.92. The third kappa shape index (κ3) is 2.52. The molecule has 1 rings (SSSR count). The Morgan fingerprint density at radius 3 is 2.31 bits per heavy atom. The molecule has 0 heterocycles. The summed E-state index contributed by atoms with van der Waals surface area (Å²) in [4.78, 5) is 31.3. The van der Waals surface area contributed by atoms with Crippen molar-refractivity contribution in [3.8, 4) is 0 Å². The van der Waals surface area contributed by atoms with Gasteiger partial charge in [-0.3, -0.25) is 14.4 Å². The zero-order valence-electron chi connectivity index (χ0n) is 6.69. The zero-order valence-corrected chi connectivity index (χ0v) is 6.69. The van der Waals surface area contributed by atoms with Gasteiger partial charge in [-0.15, -0.1) is 0 Å². The van der Waals surface area contributed by atoms with Crippen molar-refractivity contribution in [3.05, 3.63) is 30.3 Å². The van der Waals surface area contributed by atoms with Crippen LogP contribution in [0.3, 0.4) is 0 Å². The number of carbonyl (C=O) groups is 3. The van der Waals surface area contributed by atoms with Crippen molar-refractivity contribution in [1.82, 2.24) is 0 Å². The number of nitrogens with one attached hydrogen (secondary N) is 1. The van der Waals surface area contributed by atoms with Gasteiger partial charge in [-0.2, -0.15) is 0 Å². The molecule has 1 aromatic rings. The molecule has 1 amide bonds. The number of aldehydes is 1. The second-order valence-corrected chi connectivity index (χ2v) is 2.30. The quantitative estimate of drug-likeness (QED) is 0.412. The number of carbonyl (C=O) groups excluding carboxylic acids is 3. The van der Waals surface area contributed by atoms with Crippen LogP contribution in [0.25, 0.3) is 0 Å². The molecular weight excluding hydrogens is 170 g/mol. The van der Waals surface area contributed by atoms with Crippen molar-refractivity contribution in [2.45, 2.75) is 0 Å². The summed E-state index contributed by atoms with van der Waals surface area (Å²) < 4.78 is 0. The SMILES string of the molecule is O=CC(=O)C(=O)Nc1ccccc1.